The normalized spacial score (nSPS) is 11.2. The van der Waals surface area contributed by atoms with Gasteiger partial charge in [0.15, 0.2) is 0 Å². The molecule has 6 heteroatoms. The van der Waals surface area contributed by atoms with Gasteiger partial charge in [-0.3, -0.25) is 4.79 Å². The predicted octanol–water partition coefficient (Wildman–Crippen LogP) is 2.75. The summed E-state index contributed by atoms with van der Waals surface area (Å²) in [6.45, 7) is 1.41. The van der Waals surface area contributed by atoms with Gasteiger partial charge < -0.3 is 10.2 Å². The maximum Gasteiger partial charge on any atom is 0.406 e. The Hall–Kier alpha value is -1.72. The summed E-state index contributed by atoms with van der Waals surface area (Å²) in [6.07, 6.45) is -4.38. The smallest absolute Gasteiger partial charge is 0.385 e. The molecule has 100 valence electrons. The van der Waals surface area contributed by atoms with E-state index >= 15 is 0 Å². The maximum absolute atomic E-state index is 12.1. The zero-order valence-corrected chi connectivity index (χ0v) is 10.2. The average molecular weight is 260 g/mol. The van der Waals surface area contributed by atoms with E-state index in [0.29, 0.717) is 4.90 Å². The number of hydrogen-bond acceptors (Lipinski definition) is 2. The van der Waals surface area contributed by atoms with Crippen LogP contribution in [-0.4, -0.2) is 37.1 Å². The van der Waals surface area contributed by atoms with Crippen molar-refractivity contribution in [2.24, 2.45) is 0 Å². The Balaban J connectivity index is 2.72. The van der Waals surface area contributed by atoms with E-state index in [9.17, 15) is 18.0 Å². The molecule has 1 aromatic carbocycles. The molecule has 0 bridgehead atoms. The van der Waals surface area contributed by atoms with Crippen LogP contribution >= 0.6 is 0 Å². The standard InChI is InChI=1S/C12H15F3N2O/c1-3-16-10-6-4-9(5-7-10)11(18)17(2)8-12(13,14)15/h4-7,16H,3,8H2,1-2H3. The third kappa shape index (κ3) is 4.27. The molecule has 0 saturated heterocycles. The predicted molar refractivity (Wildman–Crippen MR) is 63.6 cm³/mol. The van der Waals surface area contributed by atoms with Crippen molar-refractivity contribution in [3.8, 4) is 0 Å². The number of anilines is 1. The first-order valence-corrected chi connectivity index (χ1v) is 5.49. The van der Waals surface area contributed by atoms with Gasteiger partial charge in [-0.1, -0.05) is 0 Å². The number of alkyl halides is 3. The minimum absolute atomic E-state index is 0.239. The van der Waals surface area contributed by atoms with Crippen LogP contribution in [-0.2, 0) is 0 Å². The molecule has 0 aliphatic heterocycles. The summed E-state index contributed by atoms with van der Waals surface area (Å²) >= 11 is 0. The van der Waals surface area contributed by atoms with Crippen LogP contribution in [0.5, 0.6) is 0 Å². The van der Waals surface area contributed by atoms with Gasteiger partial charge >= 0.3 is 6.18 Å². The molecule has 0 fully saturated rings. The monoisotopic (exact) mass is 260 g/mol. The van der Waals surface area contributed by atoms with Gasteiger partial charge in [-0.15, -0.1) is 0 Å². The molecule has 18 heavy (non-hydrogen) atoms. The number of hydrogen-bond donors (Lipinski definition) is 1. The Morgan fingerprint density at radius 1 is 1.28 bits per heavy atom. The number of nitrogens with zero attached hydrogens (tertiary/aromatic N) is 1. The molecule has 0 aliphatic carbocycles. The molecule has 1 aromatic rings. The van der Waals surface area contributed by atoms with Crippen molar-refractivity contribution in [3.63, 3.8) is 0 Å². The zero-order valence-electron chi connectivity index (χ0n) is 10.2. The van der Waals surface area contributed by atoms with Crippen molar-refractivity contribution >= 4 is 11.6 Å². The number of carbonyl (C=O) groups is 1. The molecule has 0 saturated carbocycles. The number of halogens is 3. The molecular formula is C12H15F3N2O. The zero-order chi connectivity index (χ0) is 13.8. The fourth-order valence-corrected chi connectivity index (χ4v) is 1.50. The highest BCUT2D eigenvalue weighted by molar-refractivity contribution is 5.94. The van der Waals surface area contributed by atoms with Crippen LogP contribution in [0.3, 0.4) is 0 Å². The second kappa shape index (κ2) is 5.75. The first-order chi connectivity index (χ1) is 8.33. The molecule has 0 atom stereocenters. The summed E-state index contributed by atoms with van der Waals surface area (Å²) in [7, 11) is 1.13. The molecule has 0 spiro atoms. The van der Waals surface area contributed by atoms with E-state index in [-0.39, 0.29) is 5.56 Å². The second-order valence-electron chi connectivity index (χ2n) is 3.88. The van der Waals surface area contributed by atoms with E-state index in [1.165, 1.54) is 12.1 Å². The largest absolute Gasteiger partial charge is 0.406 e. The Bertz CT molecular complexity index is 401. The lowest BCUT2D eigenvalue weighted by Gasteiger charge is -2.19. The number of benzene rings is 1. The van der Waals surface area contributed by atoms with Crippen molar-refractivity contribution < 1.29 is 18.0 Å². The van der Waals surface area contributed by atoms with Gasteiger partial charge in [0.05, 0.1) is 0 Å². The van der Waals surface area contributed by atoms with Crippen LogP contribution in [0, 0.1) is 0 Å². The third-order valence-corrected chi connectivity index (χ3v) is 2.28. The molecule has 0 heterocycles. The molecule has 0 radical (unpaired) electrons. The van der Waals surface area contributed by atoms with E-state index in [0.717, 1.165) is 19.3 Å². The Kier molecular flexibility index (Phi) is 4.58. The van der Waals surface area contributed by atoms with Crippen molar-refractivity contribution in [2.75, 3.05) is 25.5 Å². The molecule has 1 N–H and O–H groups in total. The Labute approximate surface area is 104 Å². The molecule has 3 nitrogen and oxygen atoms in total. The summed E-state index contributed by atoms with van der Waals surface area (Å²) < 4.78 is 36.4. The fraction of sp³-hybridized carbons (Fsp3) is 0.417. The maximum atomic E-state index is 12.1. The number of nitrogens with one attached hydrogen (secondary N) is 1. The van der Waals surface area contributed by atoms with Crippen LogP contribution in [0.25, 0.3) is 0 Å². The summed E-state index contributed by atoms with van der Waals surface area (Å²) in [5.41, 5.74) is 1.07. The second-order valence-corrected chi connectivity index (χ2v) is 3.88. The van der Waals surface area contributed by atoms with Crippen LogP contribution in [0.15, 0.2) is 24.3 Å². The first kappa shape index (κ1) is 14.3. The highest BCUT2D eigenvalue weighted by Crippen LogP contribution is 2.17. The van der Waals surface area contributed by atoms with E-state index in [2.05, 4.69) is 5.32 Å². The molecule has 0 aromatic heterocycles. The minimum atomic E-state index is -4.38. The van der Waals surface area contributed by atoms with Gasteiger partial charge in [-0.05, 0) is 31.2 Å². The van der Waals surface area contributed by atoms with E-state index in [4.69, 9.17) is 0 Å². The third-order valence-electron chi connectivity index (χ3n) is 2.28. The van der Waals surface area contributed by atoms with E-state index in [1.54, 1.807) is 12.1 Å². The average Bonchev–Trinajstić information content (AvgIpc) is 2.27. The van der Waals surface area contributed by atoms with Crippen LogP contribution in [0.4, 0.5) is 18.9 Å². The SMILES string of the molecule is CCNc1ccc(C(=O)N(C)CC(F)(F)F)cc1. The summed E-state index contributed by atoms with van der Waals surface area (Å²) in [6, 6.07) is 6.34. The highest BCUT2D eigenvalue weighted by atomic mass is 19.4. The van der Waals surface area contributed by atoms with Crippen molar-refractivity contribution in [3.05, 3.63) is 29.8 Å². The van der Waals surface area contributed by atoms with E-state index < -0.39 is 18.6 Å². The number of amides is 1. The van der Waals surface area contributed by atoms with Crippen molar-refractivity contribution in [2.45, 2.75) is 13.1 Å². The lowest BCUT2D eigenvalue weighted by atomic mass is 10.2. The molecule has 1 rings (SSSR count). The van der Waals surface area contributed by atoms with Gasteiger partial charge in [-0.25, -0.2) is 0 Å². The molecule has 0 unspecified atom stereocenters. The van der Waals surface area contributed by atoms with Gasteiger partial charge in [0, 0.05) is 24.8 Å². The Morgan fingerprint density at radius 3 is 2.28 bits per heavy atom. The van der Waals surface area contributed by atoms with Gasteiger partial charge in [0.1, 0.15) is 6.54 Å². The fourth-order valence-electron chi connectivity index (χ4n) is 1.50. The number of carbonyl (C=O) groups excluding carboxylic acids is 1. The van der Waals surface area contributed by atoms with Gasteiger partial charge in [0.25, 0.3) is 5.91 Å². The van der Waals surface area contributed by atoms with Crippen molar-refractivity contribution in [1.29, 1.82) is 0 Å². The summed E-state index contributed by atoms with van der Waals surface area (Å²) in [5, 5.41) is 3.04. The summed E-state index contributed by atoms with van der Waals surface area (Å²) in [4.78, 5) is 12.4. The lowest BCUT2D eigenvalue weighted by molar-refractivity contribution is -0.138. The van der Waals surface area contributed by atoms with Crippen molar-refractivity contribution in [1.82, 2.24) is 4.90 Å². The molecule has 1 amide bonds. The number of rotatable bonds is 4. The van der Waals surface area contributed by atoms with Crippen LogP contribution < -0.4 is 5.32 Å². The van der Waals surface area contributed by atoms with Crippen LogP contribution in [0.2, 0.25) is 0 Å². The van der Waals surface area contributed by atoms with Crippen LogP contribution in [0.1, 0.15) is 17.3 Å². The lowest BCUT2D eigenvalue weighted by Crippen LogP contribution is -2.35. The topological polar surface area (TPSA) is 32.3 Å². The molecule has 0 aliphatic rings. The quantitative estimate of drug-likeness (QED) is 0.902. The summed E-state index contributed by atoms with van der Waals surface area (Å²) in [5.74, 6) is -0.643. The Morgan fingerprint density at radius 2 is 1.83 bits per heavy atom. The van der Waals surface area contributed by atoms with Gasteiger partial charge in [-0.2, -0.15) is 13.2 Å². The van der Waals surface area contributed by atoms with Gasteiger partial charge in [0.2, 0.25) is 0 Å². The van der Waals surface area contributed by atoms with E-state index in [1.807, 2.05) is 6.92 Å². The molecular weight excluding hydrogens is 245 g/mol. The first-order valence-electron chi connectivity index (χ1n) is 5.49. The highest BCUT2D eigenvalue weighted by Gasteiger charge is 2.31. The minimum Gasteiger partial charge on any atom is -0.385 e.